The first kappa shape index (κ1) is 19.4. The molecule has 3 aromatic rings. The summed E-state index contributed by atoms with van der Waals surface area (Å²) in [5.74, 6) is 0. The minimum absolute atomic E-state index is 0.257. The molecule has 2 aromatic carbocycles. The van der Waals surface area contributed by atoms with E-state index < -0.39 is 0 Å². The molecule has 30 heavy (non-hydrogen) atoms. The summed E-state index contributed by atoms with van der Waals surface area (Å²) in [7, 11) is 0. The Morgan fingerprint density at radius 2 is 1.87 bits per heavy atom. The number of aromatic nitrogens is 1. The summed E-state index contributed by atoms with van der Waals surface area (Å²) in [6.07, 6.45) is 13.4. The Labute approximate surface area is 186 Å². The highest BCUT2D eigenvalue weighted by molar-refractivity contribution is 8.03. The molecule has 5 rings (SSSR count). The SMILES string of the molecule is CC1(C)CC(=CC=Cc2nc3ccccc3s2)C=C(C=C2Nc3ccccc3S2)C1. The van der Waals surface area contributed by atoms with E-state index in [4.69, 9.17) is 4.98 Å². The number of nitrogens with zero attached hydrogens (tertiary/aromatic N) is 1. The molecule has 0 radical (unpaired) electrons. The van der Waals surface area contributed by atoms with Crippen LogP contribution in [-0.2, 0) is 0 Å². The summed E-state index contributed by atoms with van der Waals surface area (Å²) < 4.78 is 1.24. The van der Waals surface area contributed by atoms with Gasteiger partial charge in [0.1, 0.15) is 5.01 Å². The van der Waals surface area contributed by atoms with Gasteiger partial charge in [0, 0.05) is 4.90 Å². The maximum atomic E-state index is 4.69. The largest absolute Gasteiger partial charge is 0.349 e. The summed E-state index contributed by atoms with van der Waals surface area (Å²) in [5, 5.41) is 5.81. The topological polar surface area (TPSA) is 24.9 Å². The van der Waals surface area contributed by atoms with E-state index >= 15 is 0 Å². The second-order valence-corrected chi connectivity index (χ2v) is 10.7. The fourth-order valence-corrected chi connectivity index (χ4v) is 5.96. The van der Waals surface area contributed by atoms with E-state index in [2.05, 4.69) is 92.0 Å². The molecule has 0 spiro atoms. The van der Waals surface area contributed by atoms with E-state index in [9.17, 15) is 0 Å². The highest BCUT2D eigenvalue weighted by Gasteiger charge is 2.25. The summed E-state index contributed by atoms with van der Waals surface area (Å²) in [5.41, 5.74) is 5.29. The molecule has 0 fully saturated rings. The van der Waals surface area contributed by atoms with E-state index in [1.54, 1.807) is 11.3 Å². The zero-order chi connectivity index (χ0) is 20.6. The van der Waals surface area contributed by atoms with Crippen LogP contribution in [0.25, 0.3) is 16.3 Å². The van der Waals surface area contributed by atoms with Crippen molar-refractivity contribution in [2.75, 3.05) is 5.32 Å². The fourth-order valence-electron chi connectivity index (χ4n) is 4.09. The number of thiazole rings is 1. The molecule has 4 heteroatoms. The van der Waals surface area contributed by atoms with Crippen molar-refractivity contribution in [3.8, 4) is 0 Å². The highest BCUT2D eigenvalue weighted by atomic mass is 32.2. The first-order valence-electron chi connectivity index (χ1n) is 10.2. The standard InChI is InChI=1S/C26H24N2S2/c1-26(2)16-18(8-7-13-24-27-20-9-3-5-11-22(20)29-24)14-19(17-26)15-25-28-21-10-4-6-12-23(21)30-25/h3-15,28H,16-17H2,1-2H3. The zero-order valence-electron chi connectivity index (χ0n) is 17.2. The lowest BCUT2D eigenvalue weighted by molar-refractivity contribution is 0.355. The van der Waals surface area contributed by atoms with Gasteiger partial charge in [-0.05, 0) is 65.8 Å². The maximum absolute atomic E-state index is 4.69. The van der Waals surface area contributed by atoms with Crippen molar-refractivity contribution in [3.05, 3.63) is 94.0 Å². The van der Waals surface area contributed by atoms with Crippen molar-refractivity contribution in [2.24, 2.45) is 5.41 Å². The van der Waals surface area contributed by atoms with E-state index in [0.29, 0.717) is 0 Å². The molecule has 0 saturated carbocycles. The van der Waals surface area contributed by atoms with Gasteiger partial charge >= 0.3 is 0 Å². The van der Waals surface area contributed by atoms with Crippen molar-refractivity contribution < 1.29 is 0 Å². The number of anilines is 1. The van der Waals surface area contributed by atoms with Crippen LogP contribution >= 0.6 is 23.1 Å². The van der Waals surface area contributed by atoms with Crippen LogP contribution in [0.3, 0.4) is 0 Å². The lowest BCUT2D eigenvalue weighted by atomic mass is 9.75. The van der Waals surface area contributed by atoms with E-state index in [0.717, 1.165) is 23.4 Å². The average Bonchev–Trinajstić information content (AvgIpc) is 3.29. The number of rotatable bonds is 3. The number of allylic oxidation sites excluding steroid dienone is 6. The van der Waals surface area contributed by atoms with Gasteiger partial charge < -0.3 is 5.32 Å². The van der Waals surface area contributed by atoms with Gasteiger partial charge in [-0.15, -0.1) is 11.3 Å². The Balaban J connectivity index is 1.37. The highest BCUT2D eigenvalue weighted by Crippen LogP contribution is 2.43. The molecular weight excluding hydrogens is 404 g/mol. The minimum atomic E-state index is 0.257. The third-order valence-electron chi connectivity index (χ3n) is 5.28. The third kappa shape index (κ3) is 4.30. The predicted octanol–water partition coefficient (Wildman–Crippen LogP) is 8.04. The molecule has 2 heterocycles. The Morgan fingerprint density at radius 1 is 1.03 bits per heavy atom. The second kappa shape index (κ2) is 7.93. The maximum Gasteiger partial charge on any atom is 0.117 e. The van der Waals surface area contributed by atoms with Crippen LogP contribution in [0.2, 0.25) is 0 Å². The Bertz CT molecular complexity index is 1160. The first-order chi connectivity index (χ1) is 14.5. The van der Waals surface area contributed by atoms with Gasteiger partial charge in [-0.2, -0.15) is 0 Å². The molecule has 150 valence electrons. The number of para-hydroxylation sites is 2. The molecule has 0 atom stereocenters. The zero-order valence-corrected chi connectivity index (χ0v) is 18.8. The average molecular weight is 429 g/mol. The molecule has 1 aromatic heterocycles. The Hall–Kier alpha value is -2.56. The van der Waals surface area contributed by atoms with Crippen molar-refractivity contribution in [3.63, 3.8) is 0 Å². The van der Waals surface area contributed by atoms with Crippen molar-refractivity contribution in [1.29, 1.82) is 0 Å². The number of thioether (sulfide) groups is 1. The monoisotopic (exact) mass is 428 g/mol. The van der Waals surface area contributed by atoms with Crippen molar-refractivity contribution >= 4 is 45.1 Å². The van der Waals surface area contributed by atoms with Crippen LogP contribution in [0.1, 0.15) is 31.7 Å². The number of hydrogen-bond donors (Lipinski definition) is 1. The van der Waals surface area contributed by atoms with E-state index in [1.807, 2.05) is 17.8 Å². The van der Waals surface area contributed by atoms with Crippen LogP contribution in [0.15, 0.2) is 93.9 Å². The molecule has 1 aliphatic carbocycles. The summed E-state index contributed by atoms with van der Waals surface area (Å²) in [6.45, 7) is 4.71. The van der Waals surface area contributed by atoms with Gasteiger partial charge in [-0.1, -0.05) is 68.1 Å². The van der Waals surface area contributed by atoms with Gasteiger partial charge in [0.25, 0.3) is 0 Å². The number of benzene rings is 2. The Morgan fingerprint density at radius 3 is 2.73 bits per heavy atom. The number of fused-ring (bicyclic) bond motifs is 2. The number of hydrogen-bond acceptors (Lipinski definition) is 4. The molecule has 0 unspecified atom stereocenters. The third-order valence-corrected chi connectivity index (χ3v) is 7.29. The number of nitrogens with one attached hydrogen (secondary N) is 1. The lowest BCUT2D eigenvalue weighted by Gasteiger charge is -2.30. The quantitative estimate of drug-likeness (QED) is 0.457. The van der Waals surface area contributed by atoms with Crippen LogP contribution in [0.5, 0.6) is 0 Å². The molecule has 1 aliphatic heterocycles. The predicted molar refractivity (Wildman–Crippen MR) is 132 cm³/mol. The summed E-state index contributed by atoms with van der Waals surface area (Å²) in [4.78, 5) is 5.99. The van der Waals surface area contributed by atoms with Gasteiger partial charge in [-0.25, -0.2) is 4.98 Å². The smallest absolute Gasteiger partial charge is 0.117 e. The van der Waals surface area contributed by atoms with Crippen LogP contribution in [0, 0.1) is 5.41 Å². The molecule has 2 nitrogen and oxygen atoms in total. The Kier molecular flexibility index (Phi) is 5.13. The lowest BCUT2D eigenvalue weighted by Crippen LogP contribution is -2.17. The van der Waals surface area contributed by atoms with Gasteiger partial charge in [0.05, 0.1) is 20.9 Å². The van der Waals surface area contributed by atoms with E-state index in [-0.39, 0.29) is 5.41 Å². The summed E-state index contributed by atoms with van der Waals surface area (Å²) in [6, 6.07) is 16.8. The van der Waals surface area contributed by atoms with Crippen molar-refractivity contribution in [1.82, 2.24) is 4.98 Å². The van der Waals surface area contributed by atoms with E-state index in [1.165, 1.54) is 31.5 Å². The van der Waals surface area contributed by atoms with Crippen LogP contribution in [-0.4, -0.2) is 4.98 Å². The molecule has 0 bridgehead atoms. The van der Waals surface area contributed by atoms with Gasteiger partial charge in [-0.3, -0.25) is 0 Å². The summed E-state index contributed by atoms with van der Waals surface area (Å²) >= 11 is 3.55. The minimum Gasteiger partial charge on any atom is -0.349 e. The molecule has 0 saturated heterocycles. The second-order valence-electron chi connectivity index (χ2n) is 8.59. The van der Waals surface area contributed by atoms with Crippen molar-refractivity contribution in [2.45, 2.75) is 31.6 Å². The normalized spacial score (nSPS) is 20.7. The molecule has 2 aliphatic rings. The van der Waals surface area contributed by atoms with Gasteiger partial charge in [0.2, 0.25) is 0 Å². The van der Waals surface area contributed by atoms with Crippen LogP contribution < -0.4 is 5.32 Å². The fraction of sp³-hybridized carbons (Fsp3) is 0.192. The molecule has 1 N–H and O–H groups in total. The van der Waals surface area contributed by atoms with Crippen LogP contribution in [0.4, 0.5) is 5.69 Å². The molecule has 0 amide bonds. The first-order valence-corrected chi connectivity index (χ1v) is 11.9. The van der Waals surface area contributed by atoms with Gasteiger partial charge in [0.15, 0.2) is 0 Å². The molecular formula is C26H24N2S2.